The quantitative estimate of drug-likeness (QED) is 0.605. The highest BCUT2D eigenvalue weighted by atomic mass is 16.5. The Hall–Kier alpha value is -1.09. The van der Waals surface area contributed by atoms with Crippen LogP contribution in [0.1, 0.15) is 48.0 Å². The lowest BCUT2D eigenvalue weighted by molar-refractivity contribution is -0.151. The van der Waals surface area contributed by atoms with Crippen LogP contribution in [0.4, 0.5) is 0 Å². The van der Waals surface area contributed by atoms with Crippen LogP contribution in [0.2, 0.25) is 0 Å². The second kappa shape index (κ2) is 7.37. The monoisotopic (exact) mass is 254 g/mol. The second-order valence-electron chi connectivity index (χ2n) is 5.83. The first-order valence-electron chi connectivity index (χ1n) is 6.30. The van der Waals surface area contributed by atoms with Gasteiger partial charge in [-0.15, -0.1) is 0 Å². The van der Waals surface area contributed by atoms with Gasteiger partial charge in [0.05, 0.1) is 11.5 Å². The van der Waals surface area contributed by atoms with Crippen molar-refractivity contribution in [1.82, 2.24) is 0 Å². The zero-order valence-electron chi connectivity index (χ0n) is 12.4. The summed E-state index contributed by atoms with van der Waals surface area (Å²) in [5.41, 5.74) is 1.53. The van der Waals surface area contributed by atoms with E-state index in [0.29, 0.717) is 6.42 Å². The molecule has 1 N–H and O–H groups in total. The average molecular weight is 254 g/mol. The first-order valence-corrected chi connectivity index (χ1v) is 6.30. The molecule has 0 aromatic rings. The number of carbonyl (C=O) groups is 1. The standard InChI is InChI=1S/C15H26O3/c1-11(2)7-8-13(16)12(3)9-10-18-14(17)15(4,5)6/h7,9,13,16H,8,10H2,1-6H3/b12-9+/t13-/m1/s1. The van der Waals surface area contributed by atoms with E-state index in [9.17, 15) is 9.90 Å². The minimum Gasteiger partial charge on any atom is -0.461 e. The van der Waals surface area contributed by atoms with Crippen molar-refractivity contribution < 1.29 is 14.6 Å². The predicted octanol–water partition coefficient (Wildman–Crippen LogP) is 3.24. The summed E-state index contributed by atoms with van der Waals surface area (Å²) in [6.07, 6.45) is 3.84. The lowest BCUT2D eigenvalue weighted by Gasteiger charge is -2.16. The van der Waals surface area contributed by atoms with Crippen LogP contribution in [0.5, 0.6) is 0 Å². The van der Waals surface area contributed by atoms with Crippen molar-refractivity contribution in [3.63, 3.8) is 0 Å². The molecule has 3 heteroatoms. The van der Waals surface area contributed by atoms with Gasteiger partial charge in [0.15, 0.2) is 0 Å². The van der Waals surface area contributed by atoms with E-state index in [-0.39, 0.29) is 12.6 Å². The van der Waals surface area contributed by atoms with Crippen LogP contribution >= 0.6 is 0 Å². The van der Waals surface area contributed by atoms with Crippen molar-refractivity contribution in [1.29, 1.82) is 0 Å². The van der Waals surface area contributed by atoms with E-state index in [1.807, 2.05) is 47.6 Å². The van der Waals surface area contributed by atoms with Crippen molar-refractivity contribution in [3.05, 3.63) is 23.3 Å². The molecule has 0 heterocycles. The normalized spacial score (nSPS) is 14.1. The topological polar surface area (TPSA) is 46.5 Å². The molecule has 0 aromatic carbocycles. The molecule has 18 heavy (non-hydrogen) atoms. The van der Waals surface area contributed by atoms with E-state index in [2.05, 4.69) is 0 Å². The highest BCUT2D eigenvalue weighted by molar-refractivity contribution is 5.75. The van der Waals surface area contributed by atoms with Crippen LogP contribution < -0.4 is 0 Å². The van der Waals surface area contributed by atoms with Gasteiger partial charge in [-0.05, 0) is 59.6 Å². The Balaban J connectivity index is 4.20. The number of aliphatic hydroxyl groups is 1. The fraction of sp³-hybridized carbons (Fsp3) is 0.667. The third-order valence-electron chi connectivity index (χ3n) is 2.51. The SMILES string of the molecule is CC(C)=CC[C@@H](O)/C(C)=C/COC(=O)C(C)(C)C. The summed E-state index contributed by atoms with van der Waals surface area (Å²) in [5.74, 6) is -0.231. The van der Waals surface area contributed by atoms with Gasteiger partial charge >= 0.3 is 5.97 Å². The van der Waals surface area contributed by atoms with E-state index in [4.69, 9.17) is 4.74 Å². The molecule has 104 valence electrons. The summed E-state index contributed by atoms with van der Waals surface area (Å²) < 4.78 is 5.11. The number of allylic oxidation sites excluding steroid dienone is 1. The van der Waals surface area contributed by atoms with Crippen molar-refractivity contribution in [2.45, 2.75) is 54.1 Å². The zero-order chi connectivity index (χ0) is 14.3. The van der Waals surface area contributed by atoms with Crippen molar-refractivity contribution in [2.24, 2.45) is 5.41 Å². The number of hydrogen-bond donors (Lipinski definition) is 1. The minimum absolute atomic E-state index is 0.216. The summed E-state index contributed by atoms with van der Waals surface area (Å²) in [4.78, 5) is 11.5. The van der Waals surface area contributed by atoms with Gasteiger partial charge in [-0.2, -0.15) is 0 Å². The van der Waals surface area contributed by atoms with Gasteiger partial charge in [-0.1, -0.05) is 11.6 Å². The van der Waals surface area contributed by atoms with Crippen LogP contribution in [0.25, 0.3) is 0 Å². The first-order chi connectivity index (χ1) is 8.14. The summed E-state index contributed by atoms with van der Waals surface area (Å²) in [5, 5.41) is 9.84. The molecule has 0 spiro atoms. The number of hydrogen-bond acceptors (Lipinski definition) is 3. The number of esters is 1. The molecule has 0 bridgehead atoms. The molecule has 0 aliphatic carbocycles. The highest BCUT2D eigenvalue weighted by Gasteiger charge is 2.22. The number of aliphatic hydroxyl groups excluding tert-OH is 1. The Morgan fingerprint density at radius 1 is 1.22 bits per heavy atom. The minimum atomic E-state index is -0.506. The fourth-order valence-electron chi connectivity index (χ4n) is 1.13. The van der Waals surface area contributed by atoms with E-state index in [0.717, 1.165) is 5.57 Å². The smallest absolute Gasteiger partial charge is 0.311 e. The molecule has 0 saturated heterocycles. The molecule has 0 unspecified atom stereocenters. The van der Waals surface area contributed by atoms with Gasteiger partial charge in [0.1, 0.15) is 6.61 Å². The largest absolute Gasteiger partial charge is 0.461 e. The van der Waals surface area contributed by atoms with Gasteiger partial charge < -0.3 is 9.84 Å². The summed E-state index contributed by atoms with van der Waals surface area (Å²) in [7, 11) is 0. The third-order valence-corrected chi connectivity index (χ3v) is 2.51. The zero-order valence-corrected chi connectivity index (χ0v) is 12.4. The number of carbonyl (C=O) groups excluding carboxylic acids is 1. The molecule has 0 amide bonds. The predicted molar refractivity (Wildman–Crippen MR) is 74.2 cm³/mol. The molecular weight excluding hydrogens is 228 g/mol. The van der Waals surface area contributed by atoms with E-state index in [1.54, 1.807) is 6.08 Å². The number of ether oxygens (including phenoxy) is 1. The molecule has 0 saturated carbocycles. The van der Waals surface area contributed by atoms with Crippen molar-refractivity contribution in [2.75, 3.05) is 6.61 Å². The Kier molecular flexibility index (Phi) is 6.92. The number of rotatable bonds is 5. The highest BCUT2D eigenvalue weighted by Crippen LogP contribution is 2.15. The van der Waals surface area contributed by atoms with Crippen molar-refractivity contribution in [3.8, 4) is 0 Å². The van der Waals surface area contributed by atoms with Gasteiger partial charge in [-0.3, -0.25) is 4.79 Å². The molecule has 0 rings (SSSR count). The van der Waals surface area contributed by atoms with E-state index < -0.39 is 11.5 Å². The molecule has 1 atom stereocenters. The summed E-state index contributed by atoms with van der Waals surface area (Å²) >= 11 is 0. The summed E-state index contributed by atoms with van der Waals surface area (Å²) in [6, 6.07) is 0. The maximum absolute atomic E-state index is 11.5. The molecule has 3 nitrogen and oxygen atoms in total. The van der Waals surface area contributed by atoms with Gasteiger partial charge in [-0.25, -0.2) is 0 Å². The second-order valence-corrected chi connectivity index (χ2v) is 5.83. The van der Waals surface area contributed by atoms with E-state index >= 15 is 0 Å². The molecule has 0 aliphatic heterocycles. The molecular formula is C15H26O3. The summed E-state index contributed by atoms with van der Waals surface area (Å²) in [6.45, 7) is 11.5. The third kappa shape index (κ3) is 7.28. The Labute approximate surface area is 111 Å². The maximum atomic E-state index is 11.5. The Bertz CT molecular complexity index is 328. The van der Waals surface area contributed by atoms with Gasteiger partial charge in [0.2, 0.25) is 0 Å². The first kappa shape index (κ1) is 16.9. The Morgan fingerprint density at radius 3 is 2.22 bits per heavy atom. The van der Waals surface area contributed by atoms with Crippen molar-refractivity contribution >= 4 is 5.97 Å². The molecule has 0 aromatic heterocycles. The van der Waals surface area contributed by atoms with E-state index in [1.165, 1.54) is 5.57 Å². The van der Waals surface area contributed by atoms with Gasteiger partial charge in [0.25, 0.3) is 0 Å². The maximum Gasteiger partial charge on any atom is 0.311 e. The van der Waals surface area contributed by atoms with Crippen LogP contribution in [-0.4, -0.2) is 23.8 Å². The Morgan fingerprint density at radius 2 is 1.78 bits per heavy atom. The van der Waals surface area contributed by atoms with Crippen LogP contribution in [0, 0.1) is 5.41 Å². The van der Waals surface area contributed by atoms with Crippen LogP contribution in [0.3, 0.4) is 0 Å². The van der Waals surface area contributed by atoms with Crippen LogP contribution in [-0.2, 0) is 9.53 Å². The molecule has 0 aliphatic rings. The lowest BCUT2D eigenvalue weighted by atomic mass is 9.97. The van der Waals surface area contributed by atoms with Crippen LogP contribution in [0.15, 0.2) is 23.3 Å². The molecule has 0 fully saturated rings. The molecule has 0 radical (unpaired) electrons. The lowest BCUT2D eigenvalue weighted by Crippen LogP contribution is -2.23. The van der Waals surface area contributed by atoms with Gasteiger partial charge in [0, 0.05) is 0 Å². The fourth-order valence-corrected chi connectivity index (χ4v) is 1.13. The average Bonchev–Trinajstić information content (AvgIpc) is 2.23.